The van der Waals surface area contributed by atoms with Crippen molar-refractivity contribution < 1.29 is 14.3 Å². The lowest BCUT2D eigenvalue weighted by molar-refractivity contribution is -0.139. The number of esters is 1. The minimum atomic E-state index is -0.739. The number of rotatable bonds is 5. The summed E-state index contributed by atoms with van der Waals surface area (Å²) in [5, 5.41) is 0.561. The average molecular weight is 570 g/mol. The van der Waals surface area contributed by atoms with E-state index in [1.54, 1.807) is 24.8 Å². The molecule has 6 rings (SSSR count). The second kappa shape index (κ2) is 10.4. The molecule has 0 saturated carbocycles. The molecule has 40 heavy (non-hydrogen) atoms. The van der Waals surface area contributed by atoms with E-state index in [-0.39, 0.29) is 29.2 Å². The lowest BCUT2D eigenvalue weighted by atomic mass is 9.96. The molecule has 1 amide bonds. The van der Waals surface area contributed by atoms with Gasteiger partial charge in [-0.15, -0.1) is 0 Å². The van der Waals surface area contributed by atoms with Crippen LogP contribution in [0.25, 0.3) is 5.57 Å². The zero-order chi connectivity index (χ0) is 28.0. The molecule has 3 heterocycles. The number of allylic oxidation sites excluding steroid dienone is 1. The number of para-hydroxylation sites is 1. The standard InChI is InChI=1S/C31H24ClN3O4S/c1-3-39-30(38)24-18(2)33-31-35(26(24)19-11-5-4-6-12-19)29(37)27(40-31)25-21-14-8-10-16-23(21)34(28(25)36)17-20-13-7-9-15-22(20)32/h4-16,26H,3,17H2,1-2H3/b27-25+/t26-/m0/s1. The Morgan fingerprint density at radius 2 is 1.70 bits per heavy atom. The first-order valence-corrected chi connectivity index (χ1v) is 14.0. The smallest absolute Gasteiger partial charge is 0.338 e. The zero-order valence-corrected chi connectivity index (χ0v) is 23.3. The molecule has 0 spiro atoms. The van der Waals surface area contributed by atoms with Crippen LogP contribution in [0.2, 0.25) is 5.02 Å². The Bertz CT molecular complexity index is 1890. The SMILES string of the molecule is CCOC(=O)C1=C(C)N=c2s/c(=C3/C(=O)N(Cc4ccccc4Cl)c4ccccc43)c(=O)n2[C@H]1c1ccccc1. The number of carbonyl (C=O) groups is 2. The molecular weight excluding hydrogens is 546 g/mol. The third kappa shape index (κ3) is 4.20. The van der Waals surface area contributed by atoms with E-state index in [0.717, 1.165) is 22.5 Å². The summed E-state index contributed by atoms with van der Waals surface area (Å²) in [5.74, 6) is -0.812. The molecule has 3 aromatic carbocycles. The van der Waals surface area contributed by atoms with Gasteiger partial charge in [-0.3, -0.25) is 14.2 Å². The highest BCUT2D eigenvalue weighted by Crippen LogP contribution is 2.37. The van der Waals surface area contributed by atoms with E-state index in [0.29, 0.717) is 37.9 Å². The molecule has 0 saturated heterocycles. The molecule has 0 radical (unpaired) electrons. The molecule has 4 aromatic rings. The van der Waals surface area contributed by atoms with E-state index >= 15 is 0 Å². The van der Waals surface area contributed by atoms with Crippen LogP contribution in [0.5, 0.6) is 0 Å². The lowest BCUT2D eigenvalue weighted by Gasteiger charge is -2.24. The fourth-order valence-electron chi connectivity index (χ4n) is 5.25. The van der Waals surface area contributed by atoms with Crippen LogP contribution in [-0.2, 0) is 20.9 Å². The molecule has 7 nitrogen and oxygen atoms in total. The average Bonchev–Trinajstić information content (AvgIpc) is 3.42. The molecular formula is C31H24ClN3O4S. The van der Waals surface area contributed by atoms with Crippen molar-refractivity contribution in [3.8, 4) is 0 Å². The lowest BCUT2D eigenvalue weighted by Crippen LogP contribution is -2.41. The van der Waals surface area contributed by atoms with Crippen LogP contribution in [0.3, 0.4) is 0 Å². The first-order chi connectivity index (χ1) is 19.4. The van der Waals surface area contributed by atoms with Crippen molar-refractivity contribution in [1.29, 1.82) is 0 Å². The Morgan fingerprint density at radius 3 is 2.45 bits per heavy atom. The number of ether oxygens (including phenoxy) is 1. The normalized spacial score (nSPS) is 17.4. The Kier molecular flexibility index (Phi) is 6.73. The summed E-state index contributed by atoms with van der Waals surface area (Å²) in [6, 6.07) is 23.4. The largest absolute Gasteiger partial charge is 0.463 e. The maximum atomic E-state index is 14.2. The summed E-state index contributed by atoms with van der Waals surface area (Å²) < 4.78 is 7.15. The molecule has 200 valence electrons. The number of nitrogens with zero attached hydrogens (tertiary/aromatic N) is 3. The van der Waals surface area contributed by atoms with Gasteiger partial charge in [-0.05, 0) is 37.1 Å². The summed E-state index contributed by atoms with van der Waals surface area (Å²) in [6.07, 6.45) is 0. The van der Waals surface area contributed by atoms with Gasteiger partial charge in [-0.1, -0.05) is 89.7 Å². The van der Waals surface area contributed by atoms with Crippen molar-refractivity contribution in [3.05, 3.63) is 132 Å². The quantitative estimate of drug-likeness (QED) is 0.334. The van der Waals surface area contributed by atoms with Gasteiger partial charge in [0.25, 0.3) is 11.5 Å². The van der Waals surface area contributed by atoms with Crippen LogP contribution in [0.15, 0.2) is 99.9 Å². The van der Waals surface area contributed by atoms with Crippen molar-refractivity contribution in [3.63, 3.8) is 0 Å². The van der Waals surface area contributed by atoms with Crippen molar-refractivity contribution in [2.75, 3.05) is 11.5 Å². The Labute approximate surface area is 238 Å². The number of benzene rings is 3. The summed E-state index contributed by atoms with van der Waals surface area (Å²) in [5.41, 5.74) is 3.63. The Hall–Kier alpha value is -4.27. The predicted octanol–water partition coefficient (Wildman–Crippen LogP) is 4.37. The summed E-state index contributed by atoms with van der Waals surface area (Å²) in [7, 11) is 0. The van der Waals surface area contributed by atoms with E-state index in [4.69, 9.17) is 16.3 Å². The van der Waals surface area contributed by atoms with Crippen molar-refractivity contribution in [1.82, 2.24) is 4.57 Å². The van der Waals surface area contributed by atoms with Crippen LogP contribution < -0.4 is 19.8 Å². The van der Waals surface area contributed by atoms with E-state index in [2.05, 4.69) is 4.99 Å². The van der Waals surface area contributed by atoms with Crippen LogP contribution in [-0.4, -0.2) is 23.1 Å². The van der Waals surface area contributed by atoms with Gasteiger partial charge in [0.15, 0.2) is 4.80 Å². The molecule has 0 N–H and O–H groups in total. The Balaban J connectivity index is 1.58. The number of hydrogen-bond donors (Lipinski definition) is 0. The van der Waals surface area contributed by atoms with E-state index < -0.39 is 12.0 Å². The van der Waals surface area contributed by atoms with Gasteiger partial charge in [0.2, 0.25) is 0 Å². The number of halogens is 1. The summed E-state index contributed by atoms with van der Waals surface area (Å²) in [6.45, 7) is 3.93. The number of hydrogen-bond acceptors (Lipinski definition) is 6. The van der Waals surface area contributed by atoms with E-state index in [9.17, 15) is 14.4 Å². The molecule has 2 aliphatic rings. The van der Waals surface area contributed by atoms with Crippen LogP contribution >= 0.6 is 22.9 Å². The zero-order valence-electron chi connectivity index (χ0n) is 21.8. The number of thiazole rings is 1. The fourth-order valence-corrected chi connectivity index (χ4v) is 6.58. The highest BCUT2D eigenvalue weighted by Gasteiger charge is 2.37. The summed E-state index contributed by atoms with van der Waals surface area (Å²) >= 11 is 7.58. The number of aromatic nitrogens is 1. The Morgan fingerprint density at radius 1 is 1.00 bits per heavy atom. The van der Waals surface area contributed by atoms with Crippen LogP contribution in [0.1, 0.15) is 36.6 Å². The second-order valence-corrected chi connectivity index (χ2v) is 10.8. The molecule has 0 fully saturated rings. The monoisotopic (exact) mass is 569 g/mol. The fraction of sp³-hybridized carbons (Fsp3) is 0.161. The van der Waals surface area contributed by atoms with Gasteiger partial charge >= 0.3 is 5.97 Å². The van der Waals surface area contributed by atoms with Crippen molar-refractivity contribution in [2.24, 2.45) is 4.99 Å². The van der Waals surface area contributed by atoms with Crippen molar-refractivity contribution >= 4 is 46.1 Å². The molecule has 0 bridgehead atoms. The van der Waals surface area contributed by atoms with Crippen LogP contribution in [0.4, 0.5) is 5.69 Å². The number of carbonyl (C=O) groups excluding carboxylic acids is 2. The molecule has 0 unspecified atom stereocenters. The van der Waals surface area contributed by atoms with Gasteiger partial charge in [-0.25, -0.2) is 9.79 Å². The number of fused-ring (bicyclic) bond motifs is 2. The third-order valence-electron chi connectivity index (χ3n) is 7.04. The number of anilines is 1. The van der Waals surface area contributed by atoms with Gasteiger partial charge < -0.3 is 9.64 Å². The van der Waals surface area contributed by atoms with Crippen molar-refractivity contribution in [2.45, 2.75) is 26.4 Å². The predicted molar refractivity (Wildman–Crippen MR) is 155 cm³/mol. The molecule has 1 atom stereocenters. The minimum Gasteiger partial charge on any atom is -0.463 e. The van der Waals surface area contributed by atoms with E-state index in [1.165, 1.54) is 4.57 Å². The molecule has 1 aromatic heterocycles. The highest BCUT2D eigenvalue weighted by molar-refractivity contribution is 7.07. The minimum absolute atomic E-state index is 0.193. The highest BCUT2D eigenvalue weighted by atomic mass is 35.5. The van der Waals surface area contributed by atoms with Gasteiger partial charge in [0, 0.05) is 10.6 Å². The second-order valence-electron chi connectivity index (χ2n) is 9.41. The summed E-state index contributed by atoms with van der Waals surface area (Å²) in [4.78, 5) is 48.0. The van der Waals surface area contributed by atoms with Crippen LogP contribution in [0, 0.1) is 0 Å². The van der Waals surface area contributed by atoms with Gasteiger partial charge in [0.05, 0.1) is 41.7 Å². The third-order valence-corrected chi connectivity index (χ3v) is 8.47. The number of amides is 1. The van der Waals surface area contributed by atoms with Gasteiger partial charge in [0.1, 0.15) is 4.53 Å². The molecule has 2 aliphatic heterocycles. The van der Waals surface area contributed by atoms with Gasteiger partial charge in [-0.2, -0.15) is 0 Å². The molecule has 0 aliphatic carbocycles. The molecule has 9 heteroatoms. The topological polar surface area (TPSA) is 81.0 Å². The maximum Gasteiger partial charge on any atom is 0.338 e. The first-order valence-electron chi connectivity index (χ1n) is 12.8. The van der Waals surface area contributed by atoms with E-state index in [1.807, 2.05) is 72.8 Å². The maximum absolute atomic E-state index is 14.2. The first kappa shape index (κ1) is 26.0.